The number of methoxy groups -OCH3 is 1. The van der Waals surface area contributed by atoms with Crippen LogP contribution in [0.25, 0.3) is 0 Å². The number of rotatable bonds is 6. The number of ether oxygens (including phenoxy) is 1. The molecule has 2 aliphatic heterocycles. The van der Waals surface area contributed by atoms with Crippen LogP contribution in [0, 0.1) is 11.8 Å². The fraction of sp³-hybridized carbons (Fsp3) is 0.625. The van der Waals surface area contributed by atoms with E-state index in [0.717, 1.165) is 18.7 Å². The molecule has 0 radical (unpaired) electrons. The molecule has 2 atom stereocenters. The molecule has 6 heteroatoms. The van der Waals surface area contributed by atoms with Gasteiger partial charge in [0.1, 0.15) is 0 Å². The number of nitrogens with one attached hydrogen (secondary N) is 1. The van der Waals surface area contributed by atoms with Crippen molar-refractivity contribution in [2.24, 2.45) is 11.8 Å². The smallest absolute Gasteiger partial charge is 0.227 e. The number of fused-ring (bicyclic) bond motifs is 1. The summed E-state index contributed by atoms with van der Waals surface area (Å²) in [4.78, 5) is 31.5. The first-order valence-corrected chi connectivity index (χ1v) is 7.87. The van der Waals surface area contributed by atoms with Crippen LogP contribution < -0.4 is 0 Å². The average molecular weight is 305 g/mol. The molecular formula is C16H23N3O3. The third kappa shape index (κ3) is 3.02. The van der Waals surface area contributed by atoms with Crippen molar-refractivity contribution in [2.75, 3.05) is 39.9 Å². The molecule has 2 saturated heterocycles. The van der Waals surface area contributed by atoms with Crippen LogP contribution in [0.1, 0.15) is 12.1 Å². The van der Waals surface area contributed by atoms with Crippen molar-refractivity contribution in [3.8, 4) is 0 Å². The summed E-state index contributed by atoms with van der Waals surface area (Å²) in [5.74, 6) is 0.618. The molecule has 0 aliphatic carbocycles. The number of aromatic amines is 1. The third-order valence-electron chi connectivity index (χ3n) is 4.71. The van der Waals surface area contributed by atoms with Gasteiger partial charge in [-0.25, -0.2) is 0 Å². The summed E-state index contributed by atoms with van der Waals surface area (Å²) in [5, 5.41) is 0. The van der Waals surface area contributed by atoms with Crippen LogP contribution in [0.4, 0.5) is 0 Å². The van der Waals surface area contributed by atoms with Gasteiger partial charge in [-0.15, -0.1) is 0 Å². The highest BCUT2D eigenvalue weighted by molar-refractivity contribution is 5.84. The number of amides is 2. The molecule has 120 valence electrons. The normalized spacial score (nSPS) is 24.1. The lowest BCUT2D eigenvalue weighted by molar-refractivity contribution is -0.133. The van der Waals surface area contributed by atoms with E-state index in [0.29, 0.717) is 38.6 Å². The predicted molar refractivity (Wildman–Crippen MR) is 81.1 cm³/mol. The molecule has 0 aromatic carbocycles. The number of nitrogens with zero attached hydrogens (tertiary/aromatic N) is 2. The first-order chi connectivity index (χ1) is 10.7. The van der Waals surface area contributed by atoms with Crippen molar-refractivity contribution in [3.05, 3.63) is 24.0 Å². The zero-order valence-electron chi connectivity index (χ0n) is 13.0. The first kappa shape index (κ1) is 15.1. The molecule has 1 N–H and O–H groups in total. The molecular weight excluding hydrogens is 282 g/mol. The number of hydrogen-bond acceptors (Lipinski definition) is 3. The zero-order valence-corrected chi connectivity index (χ0v) is 13.0. The van der Waals surface area contributed by atoms with Crippen molar-refractivity contribution in [1.29, 1.82) is 0 Å². The minimum absolute atomic E-state index is 0.00806. The van der Waals surface area contributed by atoms with Crippen LogP contribution in [0.15, 0.2) is 18.3 Å². The van der Waals surface area contributed by atoms with Gasteiger partial charge in [0.25, 0.3) is 0 Å². The van der Waals surface area contributed by atoms with Crippen LogP contribution in [0.3, 0.4) is 0 Å². The highest BCUT2D eigenvalue weighted by atomic mass is 16.5. The summed E-state index contributed by atoms with van der Waals surface area (Å²) in [6, 6.07) is 3.93. The number of hydrogen-bond donors (Lipinski definition) is 1. The molecule has 22 heavy (non-hydrogen) atoms. The van der Waals surface area contributed by atoms with Crippen molar-refractivity contribution >= 4 is 11.8 Å². The zero-order chi connectivity index (χ0) is 15.5. The van der Waals surface area contributed by atoms with Gasteiger partial charge < -0.3 is 19.5 Å². The van der Waals surface area contributed by atoms with E-state index in [4.69, 9.17) is 4.74 Å². The highest BCUT2D eigenvalue weighted by Gasteiger charge is 2.46. The lowest BCUT2D eigenvalue weighted by Gasteiger charge is -2.21. The van der Waals surface area contributed by atoms with Gasteiger partial charge in [-0.3, -0.25) is 9.59 Å². The summed E-state index contributed by atoms with van der Waals surface area (Å²) in [6.45, 7) is 3.28. The first-order valence-electron chi connectivity index (χ1n) is 7.87. The summed E-state index contributed by atoms with van der Waals surface area (Å²) in [6.07, 6.45) is 3.10. The van der Waals surface area contributed by atoms with Gasteiger partial charge >= 0.3 is 0 Å². The Labute approximate surface area is 130 Å². The number of carbonyl (C=O) groups excluding carboxylic acids is 2. The number of aromatic nitrogens is 1. The van der Waals surface area contributed by atoms with Crippen molar-refractivity contribution in [2.45, 2.75) is 12.8 Å². The fourth-order valence-electron chi connectivity index (χ4n) is 3.47. The Balaban J connectivity index is 1.49. The number of likely N-dealkylation sites (tertiary alicyclic amines) is 2. The Morgan fingerprint density at radius 3 is 2.95 bits per heavy atom. The summed E-state index contributed by atoms with van der Waals surface area (Å²) in [5.41, 5.74) is 1.08. The molecule has 1 aromatic heterocycles. The summed E-state index contributed by atoms with van der Waals surface area (Å²) >= 11 is 0. The second-order valence-electron chi connectivity index (χ2n) is 6.14. The van der Waals surface area contributed by atoms with E-state index < -0.39 is 0 Å². The molecule has 0 saturated carbocycles. The average Bonchev–Trinajstić information content (AvgIpc) is 3.21. The Kier molecular flexibility index (Phi) is 4.47. The van der Waals surface area contributed by atoms with E-state index in [-0.39, 0.29) is 17.7 Å². The SMILES string of the molecule is COCCN1C[C@@H]2CN(C(=O)CCc3ccc[nH]3)C[C@@H]2C1=O. The minimum Gasteiger partial charge on any atom is -0.383 e. The Morgan fingerprint density at radius 2 is 2.27 bits per heavy atom. The number of H-pyrrole nitrogens is 1. The van der Waals surface area contributed by atoms with E-state index in [1.165, 1.54) is 0 Å². The maximum absolute atomic E-state index is 12.3. The summed E-state index contributed by atoms with van der Waals surface area (Å²) in [7, 11) is 1.64. The second-order valence-corrected chi connectivity index (χ2v) is 6.14. The molecule has 3 heterocycles. The monoisotopic (exact) mass is 305 g/mol. The maximum atomic E-state index is 12.3. The standard InChI is InChI=1S/C16H23N3O3/c1-22-8-7-18-9-12-10-19(11-14(12)16(18)21)15(20)5-4-13-3-2-6-17-13/h2-3,6,12,14,17H,4-5,7-11H2,1H3/t12-,14+/m1/s1. The molecule has 6 nitrogen and oxygen atoms in total. The Morgan fingerprint density at radius 1 is 1.41 bits per heavy atom. The molecule has 3 rings (SSSR count). The number of aryl methyl sites for hydroxylation is 1. The van der Waals surface area contributed by atoms with Crippen LogP contribution in [-0.2, 0) is 20.7 Å². The van der Waals surface area contributed by atoms with Crippen LogP contribution in [-0.4, -0.2) is 66.5 Å². The van der Waals surface area contributed by atoms with E-state index in [1.54, 1.807) is 7.11 Å². The van der Waals surface area contributed by atoms with Crippen molar-refractivity contribution in [3.63, 3.8) is 0 Å². The lowest BCUT2D eigenvalue weighted by Crippen LogP contribution is -2.37. The van der Waals surface area contributed by atoms with E-state index in [2.05, 4.69) is 4.98 Å². The van der Waals surface area contributed by atoms with Crippen LogP contribution >= 0.6 is 0 Å². The Hall–Kier alpha value is -1.82. The van der Waals surface area contributed by atoms with Gasteiger partial charge in [0.2, 0.25) is 11.8 Å². The second kappa shape index (κ2) is 6.52. The van der Waals surface area contributed by atoms with E-state index in [1.807, 2.05) is 28.1 Å². The molecule has 2 aliphatic rings. The largest absolute Gasteiger partial charge is 0.383 e. The van der Waals surface area contributed by atoms with Gasteiger partial charge in [0, 0.05) is 57.5 Å². The molecule has 0 unspecified atom stereocenters. The fourth-order valence-corrected chi connectivity index (χ4v) is 3.47. The number of carbonyl (C=O) groups is 2. The van der Waals surface area contributed by atoms with Gasteiger partial charge in [-0.2, -0.15) is 0 Å². The van der Waals surface area contributed by atoms with E-state index >= 15 is 0 Å². The van der Waals surface area contributed by atoms with E-state index in [9.17, 15) is 9.59 Å². The Bertz CT molecular complexity index is 529. The van der Waals surface area contributed by atoms with Crippen LogP contribution in [0.5, 0.6) is 0 Å². The molecule has 2 fully saturated rings. The maximum Gasteiger partial charge on any atom is 0.227 e. The van der Waals surface area contributed by atoms with Crippen molar-refractivity contribution < 1.29 is 14.3 Å². The highest BCUT2D eigenvalue weighted by Crippen LogP contribution is 2.32. The van der Waals surface area contributed by atoms with Gasteiger partial charge in [0.05, 0.1) is 12.5 Å². The van der Waals surface area contributed by atoms with Crippen LogP contribution in [0.2, 0.25) is 0 Å². The quantitative estimate of drug-likeness (QED) is 0.833. The summed E-state index contributed by atoms with van der Waals surface area (Å²) < 4.78 is 5.04. The molecule has 0 bridgehead atoms. The molecule has 0 spiro atoms. The predicted octanol–water partition coefficient (Wildman–Crippen LogP) is 0.510. The lowest BCUT2D eigenvalue weighted by atomic mass is 10.0. The van der Waals surface area contributed by atoms with Crippen molar-refractivity contribution in [1.82, 2.24) is 14.8 Å². The van der Waals surface area contributed by atoms with Gasteiger partial charge in [0.15, 0.2) is 0 Å². The molecule has 1 aromatic rings. The van der Waals surface area contributed by atoms with Gasteiger partial charge in [-0.05, 0) is 18.6 Å². The molecule has 2 amide bonds. The van der Waals surface area contributed by atoms with Gasteiger partial charge in [-0.1, -0.05) is 0 Å². The third-order valence-corrected chi connectivity index (χ3v) is 4.71. The topological polar surface area (TPSA) is 65.6 Å². The minimum atomic E-state index is -0.00806.